The molecule has 0 N–H and O–H groups in total. The fourth-order valence-corrected chi connectivity index (χ4v) is 4.21. The molecule has 0 aliphatic carbocycles. The zero-order chi connectivity index (χ0) is 18.2. The topological polar surface area (TPSA) is 76.8 Å². The van der Waals surface area contributed by atoms with E-state index in [4.69, 9.17) is 0 Å². The van der Waals surface area contributed by atoms with Gasteiger partial charge in [0.15, 0.2) is 0 Å². The molecule has 1 aliphatic heterocycles. The first-order valence-corrected chi connectivity index (χ1v) is 9.57. The Labute approximate surface area is 159 Å². The van der Waals surface area contributed by atoms with Crippen LogP contribution in [0.25, 0.3) is 21.5 Å². The third-order valence-corrected chi connectivity index (χ3v) is 5.64. The summed E-state index contributed by atoms with van der Waals surface area (Å²) in [6.45, 7) is 2.31. The van der Waals surface area contributed by atoms with Gasteiger partial charge >= 0.3 is 0 Å². The van der Waals surface area contributed by atoms with Crippen LogP contribution in [-0.4, -0.2) is 37.8 Å². The first-order chi connectivity index (χ1) is 13.3. The first kappa shape index (κ1) is 16.1. The molecule has 4 aromatic heterocycles. The molecule has 0 atom stereocenters. The first-order valence-electron chi connectivity index (χ1n) is 8.69. The molecule has 1 aliphatic rings. The maximum atomic E-state index is 12.2. The average molecular weight is 376 g/mol. The number of aromatic nitrogens is 5. The molecule has 4 aromatic rings. The van der Waals surface area contributed by atoms with E-state index in [2.05, 4.69) is 25.0 Å². The fraction of sp³-hybridized carbons (Fsp3) is 0.211. The highest BCUT2D eigenvalue weighted by Gasteiger charge is 2.30. The van der Waals surface area contributed by atoms with Gasteiger partial charge in [-0.05, 0) is 29.6 Å². The molecule has 0 amide bonds. The molecule has 27 heavy (non-hydrogen) atoms. The van der Waals surface area contributed by atoms with E-state index >= 15 is 0 Å². The Hall–Kier alpha value is -3.13. The lowest BCUT2D eigenvalue weighted by Crippen LogP contribution is -2.50. The molecular formula is C19H16N6OS. The van der Waals surface area contributed by atoms with Crippen molar-refractivity contribution in [2.75, 3.05) is 18.0 Å². The molecule has 134 valence electrons. The minimum Gasteiger partial charge on any atom is -0.354 e. The quantitative estimate of drug-likeness (QED) is 0.544. The zero-order valence-corrected chi connectivity index (χ0v) is 15.2. The Bertz CT molecular complexity index is 1150. The van der Waals surface area contributed by atoms with E-state index in [9.17, 15) is 4.79 Å². The van der Waals surface area contributed by atoms with Gasteiger partial charge in [-0.1, -0.05) is 0 Å². The highest BCUT2D eigenvalue weighted by molar-refractivity contribution is 7.17. The lowest BCUT2D eigenvalue weighted by molar-refractivity contribution is 0.334. The van der Waals surface area contributed by atoms with Crippen molar-refractivity contribution < 1.29 is 0 Å². The highest BCUT2D eigenvalue weighted by atomic mass is 32.1. The Balaban J connectivity index is 1.33. The van der Waals surface area contributed by atoms with Crippen molar-refractivity contribution in [1.29, 1.82) is 0 Å². The van der Waals surface area contributed by atoms with Crippen LogP contribution >= 0.6 is 11.3 Å². The van der Waals surface area contributed by atoms with E-state index in [1.807, 2.05) is 23.6 Å². The minimum absolute atomic E-state index is 0.0798. The van der Waals surface area contributed by atoms with Gasteiger partial charge in [-0.3, -0.25) is 9.78 Å². The van der Waals surface area contributed by atoms with Crippen molar-refractivity contribution in [3.63, 3.8) is 0 Å². The number of fused-ring (bicyclic) bond motifs is 1. The molecular weight excluding hydrogens is 360 g/mol. The highest BCUT2D eigenvalue weighted by Crippen LogP contribution is 2.32. The molecule has 1 fully saturated rings. The van der Waals surface area contributed by atoms with E-state index in [0.717, 1.165) is 40.4 Å². The van der Waals surface area contributed by atoms with E-state index in [0.29, 0.717) is 12.5 Å². The van der Waals surface area contributed by atoms with Crippen molar-refractivity contribution in [3.05, 3.63) is 64.8 Å². The van der Waals surface area contributed by atoms with Crippen molar-refractivity contribution in [3.8, 4) is 11.3 Å². The molecule has 7 nitrogen and oxygen atoms in total. The normalized spacial score (nSPS) is 14.4. The van der Waals surface area contributed by atoms with Crippen molar-refractivity contribution in [2.45, 2.75) is 6.54 Å². The zero-order valence-electron chi connectivity index (χ0n) is 14.4. The van der Waals surface area contributed by atoms with Gasteiger partial charge < -0.3 is 4.90 Å². The summed E-state index contributed by atoms with van der Waals surface area (Å²) in [4.78, 5) is 27.3. The molecule has 5 heterocycles. The largest absolute Gasteiger partial charge is 0.354 e. The predicted molar refractivity (Wildman–Crippen MR) is 105 cm³/mol. The van der Waals surface area contributed by atoms with Crippen LogP contribution in [0.1, 0.15) is 0 Å². The van der Waals surface area contributed by atoms with Gasteiger partial charge in [0.2, 0.25) is 0 Å². The van der Waals surface area contributed by atoms with Gasteiger partial charge in [0, 0.05) is 43.0 Å². The SMILES string of the molecule is O=c1ccc(-c2cccnc2)nn1CC1CN(c2ncnc3ccsc23)C1. The summed E-state index contributed by atoms with van der Waals surface area (Å²) in [7, 11) is 0. The molecule has 0 spiro atoms. The van der Waals surface area contributed by atoms with E-state index in [-0.39, 0.29) is 5.56 Å². The second-order valence-corrected chi connectivity index (χ2v) is 7.50. The Morgan fingerprint density at radius 2 is 2.07 bits per heavy atom. The fourth-order valence-electron chi connectivity index (χ4n) is 3.35. The smallest absolute Gasteiger partial charge is 0.266 e. The van der Waals surface area contributed by atoms with Crippen LogP contribution < -0.4 is 10.5 Å². The van der Waals surface area contributed by atoms with Crippen molar-refractivity contribution in [2.24, 2.45) is 5.92 Å². The number of thiophene rings is 1. The summed E-state index contributed by atoms with van der Waals surface area (Å²) in [6.07, 6.45) is 5.09. The van der Waals surface area contributed by atoms with Crippen LogP contribution in [0.2, 0.25) is 0 Å². The number of anilines is 1. The van der Waals surface area contributed by atoms with Crippen LogP contribution in [0.4, 0.5) is 5.82 Å². The standard InChI is InChI=1S/C19H16N6OS/c26-17-4-3-15(14-2-1-6-20-8-14)23-25(17)11-13-9-24(10-13)19-18-16(5-7-27-18)21-12-22-19/h1-8,12-13H,9-11H2. The lowest BCUT2D eigenvalue weighted by Gasteiger charge is -2.40. The molecule has 0 aromatic carbocycles. The number of pyridine rings is 1. The van der Waals surface area contributed by atoms with Gasteiger partial charge in [-0.15, -0.1) is 11.3 Å². The van der Waals surface area contributed by atoms with Gasteiger partial charge in [0.25, 0.3) is 5.56 Å². The van der Waals surface area contributed by atoms with Crippen LogP contribution in [0.15, 0.2) is 59.2 Å². The molecule has 0 bridgehead atoms. The molecule has 8 heteroatoms. The minimum atomic E-state index is -0.0798. The van der Waals surface area contributed by atoms with Gasteiger partial charge in [-0.2, -0.15) is 5.10 Å². The predicted octanol–water partition coefficient (Wildman–Crippen LogP) is 2.45. The summed E-state index contributed by atoms with van der Waals surface area (Å²) >= 11 is 1.66. The lowest BCUT2D eigenvalue weighted by atomic mass is 10.0. The summed E-state index contributed by atoms with van der Waals surface area (Å²) in [6, 6.07) is 9.14. The van der Waals surface area contributed by atoms with Crippen LogP contribution in [-0.2, 0) is 6.54 Å². The molecule has 0 saturated carbocycles. The van der Waals surface area contributed by atoms with E-state index in [1.165, 1.54) is 0 Å². The van der Waals surface area contributed by atoms with E-state index < -0.39 is 0 Å². The Morgan fingerprint density at radius 1 is 1.15 bits per heavy atom. The summed E-state index contributed by atoms with van der Waals surface area (Å²) in [5.41, 5.74) is 2.57. The second-order valence-electron chi connectivity index (χ2n) is 6.58. The Kier molecular flexibility index (Phi) is 3.90. The average Bonchev–Trinajstić information content (AvgIpc) is 3.15. The van der Waals surface area contributed by atoms with Crippen molar-refractivity contribution >= 4 is 27.4 Å². The maximum absolute atomic E-state index is 12.2. The van der Waals surface area contributed by atoms with Crippen LogP contribution in [0.3, 0.4) is 0 Å². The van der Waals surface area contributed by atoms with Gasteiger partial charge in [-0.25, -0.2) is 14.6 Å². The molecule has 5 rings (SSSR count). The number of nitrogens with zero attached hydrogens (tertiary/aromatic N) is 6. The molecule has 1 saturated heterocycles. The van der Waals surface area contributed by atoms with Gasteiger partial charge in [0.05, 0.1) is 22.5 Å². The number of hydrogen-bond acceptors (Lipinski definition) is 7. The molecule has 0 radical (unpaired) electrons. The van der Waals surface area contributed by atoms with Crippen LogP contribution in [0.5, 0.6) is 0 Å². The third kappa shape index (κ3) is 2.97. The van der Waals surface area contributed by atoms with Crippen molar-refractivity contribution in [1.82, 2.24) is 24.7 Å². The van der Waals surface area contributed by atoms with E-state index in [1.54, 1.807) is 46.9 Å². The number of rotatable bonds is 4. The number of hydrogen-bond donors (Lipinski definition) is 0. The third-order valence-electron chi connectivity index (χ3n) is 4.74. The maximum Gasteiger partial charge on any atom is 0.266 e. The summed E-state index contributed by atoms with van der Waals surface area (Å²) in [5, 5.41) is 6.56. The monoisotopic (exact) mass is 376 g/mol. The second kappa shape index (κ2) is 6.55. The summed E-state index contributed by atoms with van der Waals surface area (Å²) < 4.78 is 2.68. The summed E-state index contributed by atoms with van der Waals surface area (Å²) in [5.74, 6) is 1.35. The van der Waals surface area contributed by atoms with Crippen LogP contribution in [0, 0.1) is 5.92 Å². The van der Waals surface area contributed by atoms with Gasteiger partial charge in [0.1, 0.15) is 12.1 Å². The Morgan fingerprint density at radius 3 is 2.93 bits per heavy atom. The molecule has 0 unspecified atom stereocenters.